The predicted octanol–water partition coefficient (Wildman–Crippen LogP) is 2.74. The van der Waals surface area contributed by atoms with Crippen LogP contribution in [0.3, 0.4) is 0 Å². The fourth-order valence-electron chi connectivity index (χ4n) is 1.91. The van der Waals surface area contributed by atoms with Crippen LogP contribution in [-0.4, -0.2) is 21.4 Å². The summed E-state index contributed by atoms with van der Waals surface area (Å²) in [5.41, 5.74) is -0.302. The molecule has 5 heteroatoms. The van der Waals surface area contributed by atoms with Crippen LogP contribution in [0.4, 0.5) is 0 Å². The summed E-state index contributed by atoms with van der Waals surface area (Å²) in [5, 5.41) is 9.57. The molecule has 0 amide bonds. The Morgan fingerprint density at radius 2 is 1.89 bits per heavy atom. The summed E-state index contributed by atoms with van der Waals surface area (Å²) in [6.07, 6.45) is 0. The first-order valence-electron chi connectivity index (χ1n) is 6.03. The number of methoxy groups -OCH3 is 1. The van der Waals surface area contributed by atoms with Gasteiger partial charge in [0.15, 0.2) is 8.32 Å². The van der Waals surface area contributed by atoms with Gasteiger partial charge in [0.1, 0.15) is 6.07 Å². The van der Waals surface area contributed by atoms with E-state index in [-0.39, 0.29) is 0 Å². The van der Waals surface area contributed by atoms with Gasteiger partial charge in [0, 0.05) is 5.56 Å². The molecule has 0 aliphatic carbocycles. The number of carbonyl (C=O) groups excluding carboxylic acids is 1. The third-order valence-electron chi connectivity index (χ3n) is 2.61. The quantitative estimate of drug-likeness (QED) is 0.627. The first-order chi connectivity index (χ1) is 8.77. The van der Waals surface area contributed by atoms with E-state index in [0.29, 0.717) is 5.56 Å². The number of aryl methyl sites for hydroxylation is 1. The van der Waals surface area contributed by atoms with E-state index in [9.17, 15) is 10.1 Å². The molecule has 1 aromatic carbocycles. The van der Waals surface area contributed by atoms with Crippen LogP contribution in [0.1, 0.15) is 11.1 Å². The van der Waals surface area contributed by atoms with Gasteiger partial charge < -0.3 is 9.16 Å². The van der Waals surface area contributed by atoms with E-state index in [1.165, 1.54) is 7.11 Å². The third-order valence-corrected chi connectivity index (χ3v) is 3.53. The van der Waals surface area contributed by atoms with E-state index in [1.807, 2.05) is 44.8 Å². The molecule has 19 heavy (non-hydrogen) atoms. The van der Waals surface area contributed by atoms with Gasteiger partial charge in [-0.15, -0.1) is 0 Å². The Morgan fingerprint density at radius 3 is 2.32 bits per heavy atom. The molecule has 1 rings (SSSR count). The van der Waals surface area contributed by atoms with Crippen molar-refractivity contribution in [3.8, 4) is 6.07 Å². The summed E-state index contributed by atoms with van der Waals surface area (Å²) in [6.45, 7) is 7.64. The maximum absolute atomic E-state index is 12.1. The molecule has 0 heterocycles. The summed E-state index contributed by atoms with van der Waals surface area (Å²) >= 11 is 0. The maximum atomic E-state index is 12.1. The van der Waals surface area contributed by atoms with Crippen molar-refractivity contribution in [2.24, 2.45) is 0 Å². The maximum Gasteiger partial charge on any atom is 0.357 e. The molecule has 0 fully saturated rings. The van der Waals surface area contributed by atoms with Crippen molar-refractivity contribution in [2.45, 2.75) is 32.2 Å². The molecule has 0 bridgehead atoms. The van der Waals surface area contributed by atoms with E-state index in [0.717, 1.165) is 5.56 Å². The average Bonchev–Trinajstić information content (AvgIpc) is 2.34. The standard InChI is InChI=1S/C14H19NO3Si/c1-11-8-6-7-9-12(11)14(10-15,13(16)17-2)18-19(3,4)5/h6-9H,1-5H3/t14-/m0/s1. The number of nitriles is 1. The molecule has 102 valence electrons. The summed E-state index contributed by atoms with van der Waals surface area (Å²) in [4.78, 5) is 12.1. The summed E-state index contributed by atoms with van der Waals surface area (Å²) < 4.78 is 10.7. The first-order valence-corrected chi connectivity index (χ1v) is 9.43. The van der Waals surface area contributed by atoms with E-state index >= 15 is 0 Å². The number of ether oxygens (including phenoxy) is 1. The van der Waals surface area contributed by atoms with Gasteiger partial charge in [-0.1, -0.05) is 24.3 Å². The molecule has 0 N–H and O–H groups in total. The third kappa shape index (κ3) is 3.22. The van der Waals surface area contributed by atoms with Crippen LogP contribution in [0.5, 0.6) is 0 Å². The van der Waals surface area contributed by atoms with E-state index in [1.54, 1.807) is 12.1 Å². The fraction of sp³-hybridized carbons (Fsp3) is 0.429. The highest BCUT2D eigenvalue weighted by molar-refractivity contribution is 6.70. The Kier molecular flexibility index (Phi) is 4.50. The Labute approximate surface area is 115 Å². The van der Waals surface area contributed by atoms with Crippen molar-refractivity contribution in [1.82, 2.24) is 0 Å². The summed E-state index contributed by atoms with van der Waals surface area (Å²) in [6, 6.07) is 9.23. The number of benzene rings is 1. The molecule has 0 saturated heterocycles. The van der Waals surface area contributed by atoms with E-state index in [4.69, 9.17) is 9.16 Å². The zero-order valence-corrected chi connectivity index (χ0v) is 13.0. The molecular weight excluding hydrogens is 258 g/mol. The van der Waals surface area contributed by atoms with Gasteiger partial charge >= 0.3 is 5.97 Å². The second-order valence-corrected chi connectivity index (χ2v) is 9.74. The number of hydrogen-bond acceptors (Lipinski definition) is 4. The molecular formula is C14H19NO3Si. The van der Waals surface area contributed by atoms with Crippen molar-refractivity contribution in [1.29, 1.82) is 5.26 Å². The van der Waals surface area contributed by atoms with E-state index in [2.05, 4.69) is 0 Å². The Morgan fingerprint density at radius 1 is 1.32 bits per heavy atom. The smallest absolute Gasteiger partial charge is 0.357 e. The lowest BCUT2D eigenvalue weighted by Crippen LogP contribution is -2.46. The highest BCUT2D eigenvalue weighted by atomic mass is 28.4. The van der Waals surface area contributed by atoms with Crippen molar-refractivity contribution >= 4 is 14.3 Å². The fourth-order valence-corrected chi connectivity index (χ4v) is 3.06. The van der Waals surface area contributed by atoms with Crippen LogP contribution in [0.25, 0.3) is 0 Å². The lowest BCUT2D eigenvalue weighted by Gasteiger charge is -2.32. The second kappa shape index (κ2) is 5.55. The first kappa shape index (κ1) is 15.4. The molecule has 1 atom stereocenters. The highest BCUT2D eigenvalue weighted by Crippen LogP contribution is 2.32. The minimum atomic E-state index is -2.12. The minimum absolute atomic E-state index is 0.548. The van der Waals surface area contributed by atoms with Crippen LogP contribution in [0.15, 0.2) is 24.3 Å². The van der Waals surface area contributed by atoms with Crippen LogP contribution in [-0.2, 0) is 19.6 Å². The zero-order valence-electron chi connectivity index (χ0n) is 12.0. The summed E-state index contributed by atoms with van der Waals surface area (Å²) in [7, 11) is -0.858. The second-order valence-electron chi connectivity index (χ2n) is 5.31. The Balaban J connectivity index is 3.47. The van der Waals surface area contributed by atoms with Gasteiger partial charge in [-0.3, -0.25) is 0 Å². The Bertz CT molecular complexity index is 516. The van der Waals surface area contributed by atoms with Crippen molar-refractivity contribution in [3.63, 3.8) is 0 Å². The van der Waals surface area contributed by atoms with Gasteiger partial charge in [0.2, 0.25) is 0 Å². The van der Waals surface area contributed by atoms with Gasteiger partial charge in [-0.05, 0) is 32.1 Å². The monoisotopic (exact) mass is 277 g/mol. The van der Waals surface area contributed by atoms with Gasteiger partial charge in [-0.2, -0.15) is 5.26 Å². The lowest BCUT2D eigenvalue weighted by atomic mass is 9.91. The van der Waals surface area contributed by atoms with E-state index < -0.39 is 19.9 Å². The van der Waals surface area contributed by atoms with Gasteiger partial charge in [0.05, 0.1) is 7.11 Å². The van der Waals surface area contributed by atoms with Crippen molar-refractivity contribution in [3.05, 3.63) is 35.4 Å². The number of carbonyl (C=O) groups is 1. The zero-order chi connectivity index (χ0) is 14.7. The molecule has 0 spiro atoms. The summed E-state index contributed by atoms with van der Waals surface area (Å²) in [5.74, 6) is -0.674. The molecule has 0 radical (unpaired) electrons. The van der Waals surface area contributed by atoms with Crippen molar-refractivity contribution < 1.29 is 14.0 Å². The normalized spacial score (nSPS) is 14.3. The van der Waals surface area contributed by atoms with Crippen LogP contribution < -0.4 is 0 Å². The predicted molar refractivity (Wildman–Crippen MR) is 74.9 cm³/mol. The van der Waals surface area contributed by atoms with Gasteiger partial charge in [0.25, 0.3) is 5.60 Å². The Hall–Kier alpha value is -1.64. The number of esters is 1. The number of rotatable bonds is 4. The average molecular weight is 277 g/mol. The molecule has 0 saturated carbocycles. The van der Waals surface area contributed by atoms with Crippen LogP contribution in [0.2, 0.25) is 19.6 Å². The largest absolute Gasteiger partial charge is 0.466 e. The highest BCUT2D eigenvalue weighted by Gasteiger charge is 2.47. The molecule has 4 nitrogen and oxygen atoms in total. The van der Waals surface area contributed by atoms with Gasteiger partial charge in [-0.25, -0.2) is 4.79 Å². The molecule has 1 aromatic rings. The molecule has 0 aromatic heterocycles. The lowest BCUT2D eigenvalue weighted by molar-refractivity contribution is -0.155. The van der Waals surface area contributed by atoms with Crippen LogP contribution in [0, 0.1) is 18.3 Å². The number of hydrogen-bond donors (Lipinski definition) is 0. The minimum Gasteiger partial charge on any atom is -0.466 e. The molecule has 0 aliphatic rings. The topological polar surface area (TPSA) is 59.3 Å². The van der Waals surface area contributed by atoms with Crippen LogP contribution >= 0.6 is 0 Å². The molecule has 0 unspecified atom stereocenters. The van der Waals surface area contributed by atoms with Crippen molar-refractivity contribution in [2.75, 3.05) is 7.11 Å². The number of nitrogens with zero attached hydrogens (tertiary/aromatic N) is 1. The SMILES string of the molecule is COC(=O)[C@@](C#N)(O[Si](C)(C)C)c1ccccc1C. The molecule has 0 aliphatic heterocycles.